The summed E-state index contributed by atoms with van der Waals surface area (Å²) in [6, 6.07) is 13.1. The zero-order valence-corrected chi connectivity index (χ0v) is 11.9. The van der Waals surface area contributed by atoms with Crippen LogP contribution >= 0.6 is 23.2 Å². The molecule has 0 aliphatic rings. The van der Waals surface area contributed by atoms with Crippen LogP contribution in [0.2, 0.25) is 10.0 Å². The Kier molecular flexibility index (Phi) is 4.31. The third-order valence-electron chi connectivity index (χ3n) is 2.87. The van der Waals surface area contributed by atoms with E-state index in [4.69, 9.17) is 28.5 Å². The fourth-order valence-electron chi connectivity index (χ4n) is 1.79. The summed E-state index contributed by atoms with van der Waals surface area (Å²) in [5.41, 5.74) is 3.67. The molecule has 0 atom stereocenters. The number of nitrogens with zero attached hydrogens (tertiary/aromatic N) is 1. The first kappa shape index (κ1) is 13.7. The summed E-state index contributed by atoms with van der Waals surface area (Å²) in [5.74, 6) is 0. The van der Waals surface area contributed by atoms with E-state index in [9.17, 15) is 0 Å². The number of anilines is 1. The van der Waals surface area contributed by atoms with Gasteiger partial charge in [-0.1, -0.05) is 29.3 Å². The van der Waals surface area contributed by atoms with Gasteiger partial charge in [0, 0.05) is 11.6 Å². The molecule has 0 aliphatic carbocycles. The Labute approximate surface area is 122 Å². The Bertz CT molecular complexity index is 645. The Morgan fingerprint density at radius 1 is 1.16 bits per heavy atom. The molecule has 0 saturated carbocycles. The van der Waals surface area contributed by atoms with Crippen molar-refractivity contribution < 1.29 is 0 Å². The highest BCUT2D eigenvalue weighted by Gasteiger charge is 2.03. The Morgan fingerprint density at radius 2 is 1.95 bits per heavy atom. The number of hydrogen-bond donors (Lipinski definition) is 1. The molecule has 4 heteroatoms. The van der Waals surface area contributed by atoms with Gasteiger partial charge in [-0.05, 0) is 48.4 Å². The van der Waals surface area contributed by atoms with Gasteiger partial charge < -0.3 is 5.32 Å². The van der Waals surface area contributed by atoms with Gasteiger partial charge in [-0.2, -0.15) is 5.26 Å². The Hall–Kier alpha value is -1.69. The molecule has 2 aromatic rings. The summed E-state index contributed by atoms with van der Waals surface area (Å²) in [4.78, 5) is 0. The van der Waals surface area contributed by atoms with Crippen molar-refractivity contribution in [2.45, 2.75) is 13.5 Å². The van der Waals surface area contributed by atoms with Gasteiger partial charge >= 0.3 is 0 Å². The number of rotatable bonds is 3. The Morgan fingerprint density at radius 3 is 2.63 bits per heavy atom. The van der Waals surface area contributed by atoms with Crippen LogP contribution in [-0.4, -0.2) is 0 Å². The monoisotopic (exact) mass is 290 g/mol. The SMILES string of the molecule is Cc1cc(C#N)ccc1CNc1cc(Cl)ccc1Cl. The molecular weight excluding hydrogens is 279 g/mol. The van der Waals surface area contributed by atoms with Crippen LogP contribution in [0.25, 0.3) is 0 Å². The lowest BCUT2D eigenvalue weighted by molar-refractivity contribution is 1.12. The summed E-state index contributed by atoms with van der Waals surface area (Å²) in [7, 11) is 0. The first-order chi connectivity index (χ1) is 9.10. The molecule has 0 heterocycles. The maximum absolute atomic E-state index is 8.83. The highest BCUT2D eigenvalue weighted by Crippen LogP contribution is 2.26. The van der Waals surface area contributed by atoms with E-state index in [0.29, 0.717) is 22.2 Å². The van der Waals surface area contributed by atoms with E-state index in [2.05, 4.69) is 11.4 Å². The minimum atomic E-state index is 0.635. The van der Waals surface area contributed by atoms with Crippen molar-refractivity contribution in [2.24, 2.45) is 0 Å². The van der Waals surface area contributed by atoms with Gasteiger partial charge in [0.25, 0.3) is 0 Å². The lowest BCUT2D eigenvalue weighted by Crippen LogP contribution is -2.02. The number of nitrogens with one attached hydrogen (secondary N) is 1. The van der Waals surface area contributed by atoms with Crippen molar-refractivity contribution in [2.75, 3.05) is 5.32 Å². The average Bonchev–Trinajstić information content (AvgIpc) is 2.40. The zero-order valence-electron chi connectivity index (χ0n) is 10.4. The van der Waals surface area contributed by atoms with Crippen molar-refractivity contribution in [1.29, 1.82) is 5.26 Å². The molecule has 0 unspecified atom stereocenters. The van der Waals surface area contributed by atoms with Gasteiger partial charge in [-0.25, -0.2) is 0 Å². The maximum Gasteiger partial charge on any atom is 0.0991 e. The second-order valence-corrected chi connectivity index (χ2v) is 5.07. The van der Waals surface area contributed by atoms with Gasteiger partial charge in [-0.15, -0.1) is 0 Å². The van der Waals surface area contributed by atoms with Gasteiger partial charge in [-0.3, -0.25) is 0 Å². The molecule has 0 saturated heterocycles. The predicted molar refractivity (Wildman–Crippen MR) is 79.7 cm³/mol. The number of aryl methyl sites for hydroxylation is 1. The van der Waals surface area contributed by atoms with E-state index < -0.39 is 0 Å². The van der Waals surface area contributed by atoms with E-state index in [0.717, 1.165) is 16.8 Å². The number of halogens is 2. The largest absolute Gasteiger partial charge is 0.380 e. The van der Waals surface area contributed by atoms with Crippen molar-refractivity contribution >= 4 is 28.9 Å². The predicted octanol–water partition coefficient (Wildman–Crippen LogP) is 4.79. The Balaban J connectivity index is 2.15. The average molecular weight is 291 g/mol. The molecule has 0 bridgehead atoms. The first-order valence-electron chi connectivity index (χ1n) is 5.78. The second-order valence-electron chi connectivity index (χ2n) is 4.23. The van der Waals surface area contributed by atoms with E-state index in [-0.39, 0.29) is 0 Å². The topological polar surface area (TPSA) is 35.8 Å². The lowest BCUT2D eigenvalue weighted by Gasteiger charge is -2.11. The molecule has 96 valence electrons. The molecule has 0 aliphatic heterocycles. The van der Waals surface area contributed by atoms with E-state index in [1.807, 2.05) is 25.1 Å². The summed E-state index contributed by atoms with van der Waals surface area (Å²) in [6.07, 6.45) is 0. The number of benzene rings is 2. The fraction of sp³-hybridized carbons (Fsp3) is 0.133. The summed E-state index contributed by atoms with van der Waals surface area (Å²) >= 11 is 12.0. The lowest BCUT2D eigenvalue weighted by atomic mass is 10.1. The van der Waals surface area contributed by atoms with Gasteiger partial charge in [0.05, 0.1) is 22.3 Å². The highest BCUT2D eigenvalue weighted by atomic mass is 35.5. The third kappa shape index (κ3) is 3.41. The van der Waals surface area contributed by atoms with Crippen LogP contribution in [0, 0.1) is 18.3 Å². The quantitative estimate of drug-likeness (QED) is 0.882. The van der Waals surface area contributed by atoms with Crippen LogP contribution in [0.1, 0.15) is 16.7 Å². The van der Waals surface area contributed by atoms with Crippen LogP contribution in [0.3, 0.4) is 0 Å². The summed E-state index contributed by atoms with van der Waals surface area (Å²) in [5, 5.41) is 13.4. The fourth-order valence-corrected chi connectivity index (χ4v) is 2.14. The van der Waals surface area contributed by atoms with Gasteiger partial charge in [0.15, 0.2) is 0 Å². The number of hydrogen-bond acceptors (Lipinski definition) is 2. The molecule has 0 fully saturated rings. The molecule has 0 aromatic heterocycles. The molecule has 2 aromatic carbocycles. The minimum Gasteiger partial charge on any atom is -0.380 e. The second kappa shape index (κ2) is 5.97. The molecule has 0 amide bonds. The molecule has 2 nitrogen and oxygen atoms in total. The van der Waals surface area contributed by atoms with Crippen molar-refractivity contribution in [3.05, 3.63) is 63.1 Å². The van der Waals surface area contributed by atoms with Crippen molar-refractivity contribution in [3.63, 3.8) is 0 Å². The third-order valence-corrected chi connectivity index (χ3v) is 3.43. The minimum absolute atomic E-state index is 0.635. The van der Waals surface area contributed by atoms with E-state index in [1.54, 1.807) is 18.2 Å². The van der Waals surface area contributed by atoms with Crippen LogP contribution in [0.15, 0.2) is 36.4 Å². The summed E-state index contributed by atoms with van der Waals surface area (Å²) in [6.45, 7) is 2.62. The molecule has 1 N–H and O–H groups in total. The van der Waals surface area contributed by atoms with Gasteiger partial charge in [0.2, 0.25) is 0 Å². The normalized spacial score (nSPS) is 10.0. The summed E-state index contributed by atoms with van der Waals surface area (Å²) < 4.78 is 0. The van der Waals surface area contributed by atoms with E-state index in [1.165, 1.54) is 0 Å². The van der Waals surface area contributed by atoms with Crippen LogP contribution in [0.4, 0.5) is 5.69 Å². The maximum atomic E-state index is 8.83. The number of nitriles is 1. The highest BCUT2D eigenvalue weighted by molar-refractivity contribution is 6.35. The smallest absolute Gasteiger partial charge is 0.0991 e. The van der Waals surface area contributed by atoms with Crippen LogP contribution < -0.4 is 5.32 Å². The van der Waals surface area contributed by atoms with Crippen molar-refractivity contribution in [1.82, 2.24) is 0 Å². The molecule has 19 heavy (non-hydrogen) atoms. The molecule has 0 spiro atoms. The van der Waals surface area contributed by atoms with Gasteiger partial charge in [0.1, 0.15) is 0 Å². The van der Waals surface area contributed by atoms with Crippen molar-refractivity contribution in [3.8, 4) is 6.07 Å². The molecule has 0 radical (unpaired) electrons. The first-order valence-corrected chi connectivity index (χ1v) is 6.54. The standard InChI is InChI=1S/C15H12Cl2N2/c1-10-6-11(8-18)2-3-12(10)9-19-15-7-13(16)4-5-14(15)17/h2-7,19H,9H2,1H3. The van der Waals surface area contributed by atoms with Crippen LogP contribution in [0.5, 0.6) is 0 Å². The van der Waals surface area contributed by atoms with Crippen LogP contribution in [-0.2, 0) is 6.54 Å². The zero-order chi connectivity index (χ0) is 13.8. The van der Waals surface area contributed by atoms with E-state index >= 15 is 0 Å². The molecular formula is C15H12Cl2N2. The molecule has 2 rings (SSSR count).